The van der Waals surface area contributed by atoms with Crippen molar-refractivity contribution in [1.29, 1.82) is 0 Å². The third-order valence-electron chi connectivity index (χ3n) is 0.889. The Hall–Kier alpha value is 0.649. The molecule has 0 amide bonds. The first-order valence-corrected chi connectivity index (χ1v) is 3.00. The molecule has 0 aliphatic carbocycles. The lowest BCUT2D eigenvalue weighted by Crippen LogP contribution is -2.40. The molecule has 0 atom stereocenters. The molecular formula is B10. The summed E-state index contributed by atoms with van der Waals surface area (Å²) in [5, 5.41) is 0. The molecule has 0 unspecified atom stereocenters. The van der Waals surface area contributed by atoms with Crippen molar-refractivity contribution in [1.82, 2.24) is 0 Å². The second-order valence-electron chi connectivity index (χ2n) is 1.73. The number of rotatable bonds is 6. The summed E-state index contributed by atoms with van der Waals surface area (Å²) in [5.74, 6) is 0. The highest BCUT2D eigenvalue weighted by molar-refractivity contribution is 7.78. The maximum atomic E-state index is 5.50. The normalized spacial score (nSPS) is 7.20. The van der Waals surface area contributed by atoms with Crippen molar-refractivity contribution in [2.75, 3.05) is 0 Å². The molecular weight excluding hydrogens is 108 g/mol. The maximum absolute atomic E-state index is 5.50. The van der Waals surface area contributed by atoms with E-state index in [1.54, 1.807) is 28.2 Å². The molecule has 30 valence electrons. The van der Waals surface area contributed by atoms with E-state index < -0.39 is 0 Å². The van der Waals surface area contributed by atoms with Gasteiger partial charge in [0.15, 0.2) is 0 Å². The fraction of sp³-hybridized carbons (Fsp3) is 0. The van der Waals surface area contributed by atoms with Gasteiger partial charge >= 0.3 is 0 Å². The van der Waals surface area contributed by atoms with Crippen LogP contribution in [0, 0.1) is 0 Å². The molecule has 0 N–H and O–H groups in total. The van der Waals surface area contributed by atoms with E-state index in [2.05, 4.69) is 0 Å². The Bertz CT molecular complexity index is 57.1. The van der Waals surface area contributed by atoms with Gasteiger partial charge in [0.25, 0.3) is 0 Å². The van der Waals surface area contributed by atoms with E-state index in [0.29, 0.717) is 0 Å². The van der Waals surface area contributed by atoms with Crippen molar-refractivity contribution in [2.45, 2.75) is 0 Å². The molecule has 0 rings (SSSR count). The van der Waals surface area contributed by atoms with Gasteiger partial charge in [-0.2, -0.15) is 0 Å². The van der Waals surface area contributed by atoms with E-state index in [4.69, 9.17) is 23.2 Å². The average Bonchev–Trinajstić information content (AvgIpc) is 1.89. The molecule has 0 bridgehead atoms. The smallest absolute Gasteiger partial charge is 0 e. The Morgan fingerprint density at radius 3 is 2.10 bits per heavy atom. The highest BCUT2D eigenvalue weighted by Gasteiger charge is 2.03. The predicted molar refractivity (Wildman–Crippen MR) is 57.5 cm³/mol. The van der Waals surface area contributed by atoms with Gasteiger partial charge in [0.1, 0.15) is 0 Å². The Kier molecular flexibility index (Phi) is 8.26. The van der Waals surface area contributed by atoms with Crippen molar-refractivity contribution in [3.05, 3.63) is 0 Å². The van der Waals surface area contributed by atoms with Gasteiger partial charge < -0.3 is 0 Å². The summed E-state index contributed by atoms with van der Waals surface area (Å²) in [7, 11) is 25.5. The van der Waals surface area contributed by atoms with Crippen LogP contribution >= 0.6 is 0 Å². The highest BCUT2D eigenvalue weighted by atomic mass is 12.8. The maximum Gasteiger partial charge on any atom is 0 e. The predicted octanol–water partition coefficient (Wildman–Crippen LogP) is -3.81. The first kappa shape index (κ1) is 10.6. The Balaban J connectivity index is 2.97. The van der Waals surface area contributed by atoms with Crippen LogP contribution in [0.3, 0.4) is 0 Å². The summed E-state index contributed by atoms with van der Waals surface area (Å²) in [6.07, 6.45) is -0.124. The summed E-state index contributed by atoms with van der Waals surface area (Å²) in [6.45, 7) is 0. The number of hydrogen-bond acceptors (Lipinski definition) is 0. The first-order valence-electron chi connectivity index (χ1n) is 3.00. The minimum atomic E-state index is -0.124. The van der Waals surface area contributed by atoms with Gasteiger partial charge in [-0.1, -0.05) is 0 Å². The SMILES string of the molecule is [B][B][B][B][B]B([B])[B][B][B]. The second kappa shape index (κ2) is 7.75. The van der Waals surface area contributed by atoms with E-state index in [-0.39, 0.29) is 6.39 Å². The van der Waals surface area contributed by atoms with E-state index in [9.17, 15) is 0 Å². The van der Waals surface area contributed by atoms with Crippen LogP contribution in [0.5, 0.6) is 0 Å². The van der Waals surface area contributed by atoms with Crippen molar-refractivity contribution in [3.63, 3.8) is 0 Å². The lowest BCUT2D eigenvalue weighted by molar-refractivity contribution is 3.73. The van der Waals surface area contributed by atoms with E-state index in [0.717, 1.165) is 0 Å². The van der Waals surface area contributed by atoms with Crippen LogP contribution in [0.25, 0.3) is 0 Å². The minimum absolute atomic E-state index is 0.124. The Morgan fingerprint density at radius 1 is 0.900 bits per heavy atom. The average molecular weight is 108 g/mol. The van der Waals surface area contributed by atoms with Crippen molar-refractivity contribution in [2.24, 2.45) is 0 Å². The molecule has 0 aromatic carbocycles. The molecule has 0 aliphatic rings. The summed E-state index contributed by atoms with van der Waals surface area (Å²) < 4.78 is 0. The largest absolute Gasteiger partial charge is 0 e. The highest BCUT2D eigenvalue weighted by Crippen LogP contribution is 1.65. The summed E-state index contributed by atoms with van der Waals surface area (Å²) in [6, 6.07) is 0. The fourth-order valence-corrected chi connectivity index (χ4v) is 0.449. The van der Waals surface area contributed by atoms with Crippen LogP contribution in [0.4, 0.5) is 0 Å². The minimum Gasteiger partial charge on any atom is 0 e. The van der Waals surface area contributed by atoms with Crippen molar-refractivity contribution >= 4 is 72.0 Å². The monoisotopic (exact) mass is 110 g/mol. The van der Waals surface area contributed by atoms with Crippen LogP contribution in [0.1, 0.15) is 0 Å². The molecule has 10 heavy (non-hydrogen) atoms. The van der Waals surface area contributed by atoms with Crippen LogP contribution in [-0.4, -0.2) is 72.0 Å². The zero-order chi connectivity index (χ0) is 7.82. The topological polar surface area (TPSA) is 0 Å². The number of hydrogen-bond donors (Lipinski definition) is 0. The molecule has 0 saturated carbocycles. The molecule has 0 nitrogen and oxygen atoms in total. The molecule has 0 saturated heterocycles. The van der Waals surface area contributed by atoms with Crippen molar-refractivity contribution in [3.8, 4) is 0 Å². The second-order valence-corrected chi connectivity index (χ2v) is 1.73. The van der Waals surface area contributed by atoms with Crippen molar-refractivity contribution < 1.29 is 0 Å². The van der Waals surface area contributed by atoms with Crippen LogP contribution in [0.2, 0.25) is 0 Å². The van der Waals surface area contributed by atoms with Gasteiger partial charge in [-0.15, -0.1) is 0 Å². The quantitative estimate of drug-likeness (QED) is 0.242. The Labute approximate surface area is 72.4 Å². The molecule has 10 heteroatoms. The van der Waals surface area contributed by atoms with Crippen LogP contribution < -0.4 is 0 Å². The van der Waals surface area contributed by atoms with Gasteiger partial charge in [0.2, 0.25) is 0 Å². The van der Waals surface area contributed by atoms with Gasteiger partial charge in [-0.3, -0.25) is 0 Å². The first-order chi connectivity index (χ1) is 4.81. The van der Waals surface area contributed by atoms with E-state index in [1.165, 1.54) is 14.1 Å². The van der Waals surface area contributed by atoms with Gasteiger partial charge in [-0.05, 0) is 0 Å². The lowest BCUT2D eigenvalue weighted by Gasteiger charge is -2.02. The van der Waals surface area contributed by atoms with Gasteiger partial charge in [-0.25, -0.2) is 0 Å². The van der Waals surface area contributed by atoms with Gasteiger partial charge in [0.05, 0.1) is 0 Å². The molecule has 0 heterocycles. The molecule has 0 fully saturated rings. The molecule has 0 aromatic rings. The zero-order valence-corrected chi connectivity index (χ0v) is 5.77. The summed E-state index contributed by atoms with van der Waals surface area (Å²) in [5.41, 5.74) is 0. The third kappa shape index (κ3) is 6.76. The van der Waals surface area contributed by atoms with E-state index in [1.807, 2.05) is 0 Å². The van der Waals surface area contributed by atoms with Crippen LogP contribution in [-0.2, 0) is 0 Å². The summed E-state index contributed by atoms with van der Waals surface area (Å²) >= 11 is 0. The van der Waals surface area contributed by atoms with Crippen LogP contribution in [0.15, 0.2) is 0 Å². The van der Waals surface area contributed by atoms with Gasteiger partial charge in [0, 0.05) is 72.0 Å². The summed E-state index contributed by atoms with van der Waals surface area (Å²) in [4.78, 5) is 0. The molecule has 0 spiro atoms. The standard InChI is InChI=1S/B10/c1-4-6-7-9-10(3)8-5-2. The third-order valence-corrected chi connectivity index (χ3v) is 0.889. The molecule has 0 aromatic heterocycles. The Morgan fingerprint density at radius 2 is 1.60 bits per heavy atom. The molecule has 0 aliphatic heterocycles. The fourth-order valence-electron chi connectivity index (χ4n) is 0.449. The molecule has 12 radical (unpaired) electrons. The lowest BCUT2D eigenvalue weighted by atomic mass is 8.79. The van der Waals surface area contributed by atoms with E-state index >= 15 is 0 Å². The zero-order valence-electron chi connectivity index (χ0n) is 5.77.